The first-order valence-corrected chi connectivity index (χ1v) is 8.24. The number of nitrogens with one attached hydrogen (secondary N) is 1. The number of carbonyl (C=O) groups excluding carboxylic acids is 1. The number of carbonyl (C=O) groups is 2. The van der Waals surface area contributed by atoms with Crippen LogP contribution >= 0.6 is 0 Å². The predicted molar refractivity (Wildman–Crippen MR) is 89.5 cm³/mol. The van der Waals surface area contributed by atoms with E-state index in [1.165, 1.54) is 5.56 Å². The summed E-state index contributed by atoms with van der Waals surface area (Å²) in [6, 6.07) is 8.08. The number of carboxylic acid groups (broad SMARTS) is 1. The molecular weight excluding hydrogens is 306 g/mol. The lowest BCUT2D eigenvalue weighted by atomic mass is 10.2. The van der Waals surface area contributed by atoms with E-state index in [4.69, 9.17) is 5.11 Å². The summed E-state index contributed by atoms with van der Waals surface area (Å²) in [4.78, 5) is 22.9. The largest absolute Gasteiger partial charge is 0.481 e. The van der Waals surface area contributed by atoms with Crippen molar-refractivity contribution in [1.29, 1.82) is 0 Å². The van der Waals surface area contributed by atoms with Crippen molar-refractivity contribution in [2.75, 3.05) is 6.54 Å². The van der Waals surface area contributed by atoms with Crippen molar-refractivity contribution in [3.05, 3.63) is 46.8 Å². The summed E-state index contributed by atoms with van der Waals surface area (Å²) in [7, 11) is 0. The van der Waals surface area contributed by atoms with E-state index in [0.717, 1.165) is 36.2 Å². The Morgan fingerprint density at radius 3 is 2.71 bits per heavy atom. The molecule has 1 aromatic carbocycles. The minimum atomic E-state index is -0.853. The minimum absolute atomic E-state index is 0.0518. The number of nitrogens with zero attached hydrogens (tertiary/aromatic N) is 2. The second-order valence-electron chi connectivity index (χ2n) is 6.13. The van der Waals surface area contributed by atoms with Crippen molar-refractivity contribution in [2.24, 2.45) is 0 Å². The van der Waals surface area contributed by atoms with Crippen LogP contribution in [0.4, 0.5) is 0 Å². The van der Waals surface area contributed by atoms with Gasteiger partial charge in [0.25, 0.3) is 5.91 Å². The first kappa shape index (κ1) is 16.2. The van der Waals surface area contributed by atoms with E-state index in [1.807, 2.05) is 35.9 Å². The van der Waals surface area contributed by atoms with Crippen molar-refractivity contribution < 1.29 is 14.7 Å². The van der Waals surface area contributed by atoms with Crippen LogP contribution in [0.15, 0.2) is 24.3 Å². The van der Waals surface area contributed by atoms with Gasteiger partial charge >= 0.3 is 5.97 Å². The summed E-state index contributed by atoms with van der Waals surface area (Å²) < 4.78 is 1.87. The molecule has 0 atom stereocenters. The number of benzene rings is 1. The standard InChI is InChI=1S/C18H21N3O3/c1-12-7-9-13(10-8-12)21-15-5-2-4-14(15)17(20-21)18(24)19-11-3-6-16(22)23/h7-10H,2-6,11H2,1H3,(H,19,24)(H,22,23). The first-order chi connectivity index (χ1) is 11.6. The number of rotatable bonds is 6. The Balaban J connectivity index is 1.79. The number of carboxylic acids is 1. The van der Waals surface area contributed by atoms with Gasteiger partial charge in [0.15, 0.2) is 5.69 Å². The molecular formula is C18H21N3O3. The molecule has 6 nitrogen and oxygen atoms in total. The Morgan fingerprint density at radius 1 is 1.25 bits per heavy atom. The van der Waals surface area contributed by atoms with E-state index in [9.17, 15) is 9.59 Å². The molecule has 0 radical (unpaired) electrons. The van der Waals surface area contributed by atoms with Gasteiger partial charge in [0.05, 0.1) is 5.69 Å². The molecule has 24 heavy (non-hydrogen) atoms. The Labute approximate surface area is 140 Å². The summed E-state index contributed by atoms with van der Waals surface area (Å²) in [5.41, 5.74) is 4.74. The Bertz CT molecular complexity index is 763. The van der Waals surface area contributed by atoms with Crippen LogP contribution in [0.1, 0.15) is 46.6 Å². The van der Waals surface area contributed by atoms with Crippen LogP contribution in [-0.2, 0) is 17.6 Å². The van der Waals surface area contributed by atoms with Crippen LogP contribution in [-0.4, -0.2) is 33.3 Å². The van der Waals surface area contributed by atoms with Gasteiger partial charge < -0.3 is 10.4 Å². The van der Waals surface area contributed by atoms with Gasteiger partial charge in [-0.05, 0) is 44.7 Å². The maximum Gasteiger partial charge on any atom is 0.303 e. The highest BCUT2D eigenvalue weighted by Gasteiger charge is 2.26. The molecule has 1 aliphatic carbocycles. The van der Waals surface area contributed by atoms with Gasteiger partial charge in [0, 0.05) is 24.2 Å². The Hall–Kier alpha value is -2.63. The van der Waals surface area contributed by atoms with Crippen LogP contribution < -0.4 is 5.32 Å². The van der Waals surface area contributed by atoms with Gasteiger partial charge in [-0.3, -0.25) is 9.59 Å². The predicted octanol–water partition coefficient (Wildman–Crippen LogP) is 2.26. The summed E-state index contributed by atoms with van der Waals surface area (Å²) in [5, 5.41) is 16.0. The lowest BCUT2D eigenvalue weighted by molar-refractivity contribution is -0.137. The summed E-state index contributed by atoms with van der Waals surface area (Å²) in [5.74, 6) is -1.07. The third kappa shape index (κ3) is 3.32. The molecule has 2 N–H and O–H groups in total. The third-order valence-corrected chi connectivity index (χ3v) is 4.28. The smallest absolute Gasteiger partial charge is 0.303 e. The fraction of sp³-hybridized carbons (Fsp3) is 0.389. The molecule has 0 saturated carbocycles. The zero-order valence-corrected chi connectivity index (χ0v) is 13.7. The quantitative estimate of drug-likeness (QED) is 0.797. The molecule has 0 aliphatic heterocycles. The fourth-order valence-electron chi connectivity index (χ4n) is 3.04. The van der Waals surface area contributed by atoms with E-state index in [2.05, 4.69) is 10.4 Å². The Morgan fingerprint density at radius 2 is 2.00 bits per heavy atom. The molecule has 1 aromatic heterocycles. The molecule has 126 valence electrons. The number of aromatic nitrogens is 2. The molecule has 0 fully saturated rings. The van der Waals surface area contributed by atoms with E-state index < -0.39 is 5.97 Å². The summed E-state index contributed by atoms with van der Waals surface area (Å²) >= 11 is 0. The van der Waals surface area contributed by atoms with E-state index in [-0.39, 0.29) is 12.3 Å². The molecule has 6 heteroatoms. The first-order valence-electron chi connectivity index (χ1n) is 8.24. The van der Waals surface area contributed by atoms with Gasteiger partial charge in [-0.1, -0.05) is 17.7 Å². The maximum atomic E-state index is 12.4. The fourth-order valence-corrected chi connectivity index (χ4v) is 3.04. The zero-order chi connectivity index (χ0) is 17.1. The van der Waals surface area contributed by atoms with Gasteiger partial charge in [0.2, 0.25) is 0 Å². The molecule has 3 rings (SSSR count). The van der Waals surface area contributed by atoms with E-state index >= 15 is 0 Å². The normalized spacial score (nSPS) is 12.9. The topological polar surface area (TPSA) is 84.2 Å². The molecule has 2 aromatic rings. The molecule has 0 spiro atoms. The highest BCUT2D eigenvalue weighted by molar-refractivity contribution is 5.94. The molecule has 1 heterocycles. The van der Waals surface area contributed by atoms with Crippen molar-refractivity contribution in [1.82, 2.24) is 15.1 Å². The lowest BCUT2D eigenvalue weighted by Gasteiger charge is -2.06. The summed E-state index contributed by atoms with van der Waals surface area (Å²) in [6.07, 6.45) is 3.28. The van der Waals surface area contributed by atoms with Crippen LogP contribution in [0.2, 0.25) is 0 Å². The van der Waals surface area contributed by atoms with Crippen LogP contribution in [0.3, 0.4) is 0 Å². The average molecular weight is 327 g/mol. The van der Waals surface area contributed by atoms with Gasteiger partial charge in [-0.25, -0.2) is 4.68 Å². The number of aliphatic carboxylic acids is 1. The second kappa shape index (κ2) is 6.86. The molecule has 0 unspecified atom stereocenters. The molecule has 1 amide bonds. The monoisotopic (exact) mass is 327 g/mol. The molecule has 1 aliphatic rings. The van der Waals surface area contributed by atoms with Gasteiger partial charge in [-0.2, -0.15) is 5.10 Å². The molecule has 0 saturated heterocycles. The number of aryl methyl sites for hydroxylation is 1. The maximum absolute atomic E-state index is 12.4. The minimum Gasteiger partial charge on any atom is -0.481 e. The van der Waals surface area contributed by atoms with Crippen LogP contribution in [0, 0.1) is 6.92 Å². The van der Waals surface area contributed by atoms with E-state index in [0.29, 0.717) is 18.7 Å². The van der Waals surface area contributed by atoms with Crippen molar-refractivity contribution in [3.8, 4) is 5.69 Å². The van der Waals surface area contributed by atoms with Crippen LogP contribution in [0.25, 0.3) is 5.69 Å². The average Bonchev–Trinajstić information content (AvgIpc) is 3.14. The number of fused-ring (bicyclic) bond motifs is 1. The number of hydrogen-bond acceptors (Lipinski definition) is 3. The summed E-state index contributed by atoms with van der Waals surface area (Å²) in [6.45, 7) is 2.38. The van der Waals surface area contributed by atoms with Gasteiger partial charge in [-0.15, -0.1) is 0 Å². The lowest BCUT2D eigenvalue weighted by Crippen LogP contribution is -2.26. The highest BCUT2D eigenvalue weighted by atomic mass is 16.4. The number of amides is 1. The highest BCUT2D eigenvalue weighted by Crippen LogP contribution is 2.27. The van der Waals surface area contributed by atoms with Crippen molar-refractivity contribution in [3.63, 3.8) is 0 Å². The van der Waals surface area contributed by atoms with Crippen molar-refractivity contribution in [2.45, 2.75) is 39.0 Å². The number of hydrogen-bond donors (Lipinski definition) is 2. The van der Waals surface area contributed by atoms with Gasteiger partial charge in [0.1, 0.15) is 0 Å². The van der Waals surface area contributed by atoms with Crippen molar-refractivity contribution >= 4 is 11.9 Å². The second-order valence-corrected chi connectivity index (χ2v) is 6.13. The van der Waals surface area contributed by atoms with Crippen LogP contribution in [0.5, 0.6) is 0 Å². The molecule has 0 bridgehead atoms. The third-order valence-electron chi connectivity index (χ3n) is 4.28. The Kier molecular flexibility index (Phi) is 4.64. The van der Waals surface area contributed by atoms with E-state index in [1.54, 1.807) is 0 Å². The zero-order valence-electron chi connectivity index (χ0n) is 13.7. The SMILES string of the molecule is Cc1ccc(-n2nc(C(=O)NCCCC(=O)O)c3c2CCC3)cc1.